The molecule has 0 radical (unpaired) electrons. The number of rotatable bonds is 4. The Kier molecular flexibility index (Phi) is 4.71. The van der Waals surface area contributed by atoms with Crippen molar-refractivity contribution in [2.75, 3.05) is 17.6 Å². The van der Waals surface area contributed by atoms with Crippen LogP contribution in [0.15, 0.2) is 29.8 Å². The normalized spacial score (nSPS) is 15.5. The maximum atomic E-state index is 5.96. The Hall–Kier alpha value is -0.710. The van der Waals surface area contributed by atoms with Gasteiger partial charge in [-0.3, -0.25) is 0 Å². The van der Waals surface area contributed by atoms with Crippen molar-refractivity contribution in [3.8, 4) is 0 Å². The van der Waals surface area contributed by atoms with Crippen LogP contribution in [0.5, 0.6) is 0 Å². The second-order valence-electron chi connectivity index (χ2n) is 4.52. The van der Waals surface area contributed by atoms with Gasteiger partial charge < -0.3 is 11.1 Å². The van der Waals surface area contributed by atoms with Crippen LogP contribution in [-0.2, 0) is 0 Å². The molecule has 2 nitrogen and oxygen atoms in total. The zero-order chi connectivity index (χ0) is 12.1. The first-order chi connectivity index (χ1) is 8.25. The van der Waals surface area contributed by atoms with Crippen LogP contribution in [0.4, 0.5) is 11.4 Å². The summed E-state index contributed by atoms with van der Waals surface area (Å²) in [7, 11) is 0. The molecule has 17 heavy (non-hydrogen) atoms. The van der Waals surface area contributed by atoms with Gasteiger partial charge in [0.05, 0.1) is 11.4 Å². The number of nitrogens with two attached hydrogens (primary N) is 1. The number of halogens is 1. The van der Waals surface area contributed by atoms with Gasteiger partial charge in [0.2, 0.25) is 0 Å². The third-order valence-corrected chi connectivity index (χ3v) is 3.83. The molecule has 0 bridgehead atoms. The summed E-state index contributed by atoms with van der Waals surface area (Å²) in [5, 5.41) is 3.42. The van der Waals surface area contributed by atoms with Crippen LogP contribution in [0.2, 0.25) is 0 Å². The molecule has 92 valence electrons. The highest BCUT2D eigenvalue weighted by atomic mass is 127. The molecule has 0 aromatic heterocycles. The molecule has 1 aromatic rings. The summed E-state index contributed by atoms with van der Waals surface area (Å²) in [4.78, 5) is 0. The molecule has 1 aliphatic carbocycles. The Morgan fingerprint density at radius 2 is 2.18 bits per heavy atom. The lowest BCUT2D eigenvalue weighted by atomic mass is 9.97. The van der Waals surface area contributed by atoms with E-state index in [9.17, 15) is 0 Å². The summed E-state index contributed by atoms with van der Waals surface area (Å²) in [6, 6.07) is 6.15. The lowest BCUT2D eigenvalue weighted by molar-refractivity contribution is 0.679. The van der Waals surface area contributed by atoms with Gasteiger partial charge in [0.1, 0.15) is 0 Å². The van der Waals surface area contributed by atoms with Gasteiger partial charge in [-0.2, -0.15) is 0 Å². The molecule has 0 aliphatic heterocycles. The standard InChI is InChI=1S/C14H19IN2/c15-12-6-7-14(13(16)10-12)17-9-8-11-4-2-1-3-5-11/h4,6-7,10,17H,1-3,5,8-9,16H2. The summed E-state index contributed by atoms with van der Waals surface area (Å²) in [5.41, 5.74) is 9.46. The van der Waals surface area contributed by atoms with Crippen molar-refractivity contribution in [3.63, 3.8) is 0 Å². The molecule has 0 spiro atoms. The largest absolute Gasteiger partial charge is 0.397 e. The van der Waals surface area contributed by atoms with Gasteiger partial charge in [-0.15, -0.1) is 0 Å². The summed E-state index contributed by atoms with van der Waals surface area (Å²) in [6.07, 6.45) is 8.82. The van der Waals surface area contributed by atoms with Crippen LogP contribution in [-0.4, -0.2) is 6.54 Å². The summed E-state index contributed by atoms with van der Waals surface area (Å²) >= 11 is 2.28. The number of nitrogens with one attached hydrogen (secondary N) is 1. The predicted octanol–water partition coefficient (Wildman–Crippen LogP) is 4.18. The van der Waals surface area contributed by atoms with E-state index in [1.54, 1.807) is 5.57 Å². The van der Waals surface area contributed by atoms with Crippen molar-refractivity contribution in [1.82, 2.24) is 0 Å². The van der Waals surface area contributed by atoms with E-state index in [1.807, 2.05) is 6.07 Å². The van der Waals surface area contributed by atoms with Gasteiger partial charge >= 0.3 is 0 Å². The van der Waals surface area contributed by atoms with E-state index < -0.39 is 0 Å². The molecule has 0 amide bonds. The molecule has 3 N–H and O–H groups in total. The number of allylic oxidation sites excluding steroid dienone is 1. The number of hydrogen-bond donors (Lipinski definition) is 2. The number of nitrogen functional groups attached to an aromatic ring is 1. The summed E-state index contributed by atoms with van der Waals surface area (Å²) in [5.74, 6) is 0. The first-order valence-electron chi connectivity index (χ1n) is 6.22. The molecular formula is C14H19IN2. The van der Waals surface area contributed by atoms with Gasteiger partial charge in [0.15, 0.2) is 0 Å². The number of anilines is 2. The number of hydrogen-bond acceptors (Lipinski definition) is 2. The fourth-order valence-corrected chi connectivity index (χ4v) is 2.70. The Labute approximate surface area is 117 Å². The Balaban J connectivity index is 1.83. The van der Waals surface area contributed by atoms with Gasteiger partial charge in [-0.05, 0) is 72.9 Å². The van der Waals surface area contributed by atoms with Crippen LogP contribution in [0.25, 0.3) is 0 Å². The molecular weight excluding hydrogens is 323 g/mol. The lowest BCUT2D eigenvalue weighted by Crippen LogP contribution is -2.06. The topological polar surface area (TPSA) is 38.0 Å². The first-order valence-corrected chi connectivity index (χ1v) is 7.30. The Morgan fingerprint density at radius 1 is 1.29 bits per heavy atom. The molecule has 2 rings (SSSR count). The van der Waals surface area contributed by atoms with E-state index in [1.165, 1.54) is 29.3 Å². The summed E-state index contributed by atoms with van der Waals surface area (Å²) < 4.78 is 1.18. The molecule has 0 heterocycles. The van der Waals surface area contributed by atoms with Crippen LogP contribution < -0.4 is 11.1 Å². The molecule has 0 unspecified atom stereocenters. The minimum atomic E-state index is 0.842. The molecule has 1 aliphatic rings. The average Bonchev–Trinajstić information content (AvgIpc) is 2.33. The van der Waals surface area contributed by atoms with Gasteiger partial charge in [-0.1, -0.05) is 11.6 Å². The highest BCUT2D eigenvalue weighted by molar-refractivity contribution is 14.1. The van der Waals surface area contributed by atoms with E-state index in [0.717, 1.165) is 24.3 Å². The van der Waals surface area contributed by atoms with Gasteiger partial charge in [-0.25, -0.2) is 0 Å². The van der Waals surface area contributed by atoms with Crippen molar-refractivity contribution < 1.29 is 0 Å². The second-order valence-corrected chi connectivity index (χ2v) is 5.76. The minimum Gasteiger partial charge on any atom is -0.397 e. The number of benzene rings is 1. The average molecular weight is 342 g/mol. The van der Waals surface area contributed by atoms with Crippen LogP contribution in [0.1, 0.15) is 32.1 Å². The molecule has 0 saturated heterocycles. The van der Waals surface area contributed by atoms with Crippen molar-refractivity contribution in [2.45, 2.75) is 32.1 Å². The maximum absolute atomic E-state index is 5.96. The lowest BCUT2D eigenvalue weighted by Gasteiger charge is -2.14. The fraction of sp³-hybridized carbons (Fsp3) is 0.429. The van der Waals surface area contributed by atoms with E-state index in [4.69, 9.17) is 5.73 Å². The Bertz CT molecular complexity index is 413. The highest BCUT2D eigenvalue weighted by Crippen LogP contribution is 2.23. The van der Waals surface area contributed by atoms with E-state index in [0.29, 0.717) is 0 Å². The zero-order valence-corrected chi connectivity index (χ0v) is 12.2. The summed E-state index contributed by atoms with van der Waals surface area (Å²) in [6.45, 7) is 0.983. The second kappa shape index (κ2) is 6.28. The third kappa shape index (κ3) is 3.91. The Morgan fingerprint density at radius 3 is 2.88 bits per heavy atom. The van der Waals surface area contributed by atoms with Gasteiger partial charge in [0, 0.05) is 10.1 Å². The SMILES string of the molecule is Nc1cc(I)ccc1NCCC1=CCCCC1. The van der Waals surface area contributed by atoms with E-state index in [-0.39, 0.29) is 0 Å². The third-order valence-electron chi connectivity index (χ3n) is 3.16. The minimum absolute atomic E-state index is 0.842. The van der Waals surface area contributed by atoms with Crippen molar-refractivity contribution in [2.24, 2.45) is 0 Å². The zero-order valence-electron chi connectivity index (χ0n) is 10.0. The first kappa shape index (κ1) is 12.7. The molecule has 0 fully saturated rings. The smallest absolute Gasteiger partial charge is 0.0574 e. The van der Waals surface area contributed by atoms with E-state index >= 15 is 0 Å². The molecule has 0 saturated carbocycles. The van der Waals surface area contributed by atoms with Gasteiger partial charge in [0.25, 0.3) is 0 Å². The van der Waals surface area contributed by atoms with Crippen LogP contribution in [0.3, 0.4) is 0 Å². The monoisotopic (exact) mass is 342 g/mol. The quantitative estimate of drug-likeness (QED) is 0.490. The fourth-order valence-electron chi connectivity index (χ4n) is 2.18. The maximum Gasteiger partial charge on any atom is 0.0574 e. The molecule has 3 heteroatoms. The van der Waals surface area contributed by atoms with Crippen molar-refractivity contribution in [3.05, 3.63) is 33.4 Å². The van der Waals surface area contributed by atoms with Crippen molar-refractivity contribution >= 4 is 34.0 Å². The highest BCUT2D eigenvalue weighted by Gasteiger charge is 2.04. The van der Waals surface area contributed by atoms with Crippen LogP contribution >= 0.6 is 22.6 Å². The molecule has 1 aromatic carbocycles. The van der Waals surface area contributed by atoms with Crippen LogP contribution in [0, 0.1) is 3.57 Å². The van der Waals surface area contributed by atoms with Crippen molar-refractivity contribution in [1.29, 1.82) is 0 Å². The molecule has 0 atom stereocenters. The van der Waals surface area contributed by atoms with E-state index in [2.05, 4.69) is 46.1 Å². The predicted molar refractivity (Wildman–Crippen MR) is 83.2 cm³/mol.